The van der Waals surface area contributed by atoms with Gasteiger partial charge in [-0.25, -0.2) is 4.98 Å². The van der Waals surface area contributed by atoms with Gasteiger partial charge in [0.05, 0.1) is 7.11 Å². The van der Waals surface area contributed by atoms with Crippen molar-refractivity contribution in [2.24, 2.45) is 0 Å². The molecule has 0 saturated carbocycles. The van der Waals surface area contributed by atoms with Crippen LogP contribution in [0.3, 0.4) is 0 Å². The lowest BCUT2D eigenvalue weighted by molar-refractivity contribution is 0.353. The van der Waals surface area contributed by atoms with Crippen LogP contribution in [0.1, 0.15) is 5.69 Å². The van der Waals surface area contributed by atoms with Crippen LogP contribution in [-0.2, 0) is 0 Å². The standard InChI is InChI=1S/C20H16N2O2/c1-3-11-24-20-16-10-9-15(23-2)12-17(16)19(18(13-21)22-20)14-7-5-4-6-8-14/h3-10,12H,1,11H2,2H3. The van der Waals surface area contributed by atoms with Crippen molar-refractivity contribution in [3.8, 4) is 28.8 Å². The number of rotatable bonds is 5. The predicted octanol–water partition coefficient (Wildman–Crippen LogP) is 4.35. The van der Waals surface area contributed by atoms with Gasteiger partial charge < -0.3 is 9.47 Å². The second kappa shape index (κ2) is 6.84. The SMILES string of the molecule is C=CCOc1nc(C#N)c(-c2ccccc2)c2cc(OC)ccc12. The van der Waals surface area contributed by atoms with Crippen LogP contribution < -0.4 is 9.47 Å². The molecule has 1 heterocycles. The van der Waals surface area contributed by atoms with Crippen LogP contribution in [0.25, 0.3) is 21.9 Å². The molecule has 0 saturated heterocycles. The van der Waals surface area contributed by atoms with Gasteiger partial charge in [-0.05, 0) is 23.8 Å². The summed E-state index contributed by atoms with van der Waals surface area (Å²) in [5, 5.41) is 11.3. The van der Waals surface area contributed by atoms with Gasteiger partial charge >= 0.3 is 0 Å². The van der Waals surface area contributed by atoms with E-state index in [-0.39, 0.29) is 0 Å². The number of methoxy groups -OCH3 is 1. The molecule has 4 nitrogen and oxygen atoms in total. The Morgan fingerprint density at radius 3 is 2.62 bits per heavy atom. The third-order valence-corrected chi connectivity index (χ3v) is 3.68. The minimum atomic E-state index is 0.320. The first-order valence-corrected chi connectivity index (χ1v) is 7.49. The molecule has 1 aromatic heterocycles. The number of fused-ring (bicyclic) bond motifs is 1. The largest absolute Gasteiger partial charge is 0.497 e. The molecule has 4 heteroatoms. The summed E-state index contributed by atoms with van der Waals surface area (Å²) < 4.78 is 11.0. The molecule has 0 atom stereocenters. The maximum absolute atomic E-state index is 9.60. The summed E-state index contributed by atoms with van der Waals surface area (Å²) in [6.07, 6.45) is 1.65. The van der Waals surface area contributed by atoms with Crippen LogP contribution in [0.2, 0.25) is 0 Å². The zero-order chi connectivity index (χ0) is 16.9. The lowest BCUT2D eigenvalue weighted by atomic mass is 9.97. The molecule has 0 aliphatic heterocycles. The van der Waals surface area contributed by atoms with E-state index in [9.17, 15) is 5.26 Å². The van der Waals surface area contributed by atoms with Crippen LogP contribution in [0.4, 0.5) is 0 Å². The van der Waals surface area contributed by atoms with Gasteiger partial charge in [-0.1, -0.05) is 43.0 Å². The summed E-state index contributed by atoms with van der Waals surface area (Å²) in [5.41, 5.74) is 2.02. The first-order valence-electron chi connectivity index (χ1n) is 7.49. The Morgan fingerprint density at radius 1 is 1.17 bits per heavy atom. The van der Waals surface area contributed by atoms with Gasteiger partial charge in [-0.2, -0.15) is 5.26 Å². The van der Waals surface area contributed by atoms with E-state index in [2.05, 4.69) is 17.6 Å². The average Bonchev–Trinajstić information content (AvgIpc) is 2.65. The summed E-state index contributed by atoms with van der Waals surface area (Å²) in [5.74, 6) is 1.13. The lowest BCUT2D eigenvalue weighted by Crippen LogP contribution is -2.01. The molecule has 0 aliphatic rings. The maximum Gasteiger partial charge on any atom is 0.222 e. The molecular formula is C20H16N2O2. The molecular weight excluding hydrogens is 300 g/mol. The van der Waals surface area contributed by atoms with Crippen molar-refractivity contribution in [2.45, 2.75) is 0 Å². The van der Waals surface area contributed by atoms with E-state index in [0.29, 0.717) is 23.9 Å². The quantitative estimate of drug-likeness (QED) is 0.657. The van der Waals surface area contributed by atoms with Crippen LogP contribution in [0.15, 0.2) is 61.2 Å². The second-order valence-electron chi connectivity index (χ2n) is 5.13. The minimum absolute atomic E-state index is 0.320. The van der Waals surface area contributed by atoms with E-state index >= 15 is 0 Å². The van der Waals surface area contributed by atoms with Crippen LogP contribution in [0, 0.1) is 11.3 Å². The zero-order valence-electron chi connectivity index (χ0n) is 13.3. The van der Waals surface area contributed by atoms with E-state index in [1.54, 1.807) is 13.2 Å². The molecule has 3 rings (SSSR count). The molecule has 2 aromatic carbocycles. The summed E-state index contributed by atoms with van der Waals surface area (Å²) >= 11 is 0. The van der Waals surface area contributed by atoms with Crippen molar-refractivity contribution >= 4 is 10.8 Å². The smallest absolute Gasteiger partial charge is 0.222 e. The highest BCUT2D eigenvalue weighted by molar-refractivity contribution is 6.01. The van der Waals surface area contributed by atoms with Gasteiger partial charge in [0.2, 0.25) is 5.88 Å². The zero-order valence-corrected chi connectivity index (χ0v) is 13.3. The first-order chi connectivity index (χ1) is 11.8. The molecule has 118 valence electrons. The number of nitrogens with zero attached hydrogens (tertiary/aromatic N) is 2. The molecule has 3 aromatic rings. The summed E-state index contributed by atoms with van der Waals surface area (Å²) in [6, 6.07) is 17.6. The normalized spacial score (nSPS) is 10.2. The first kappa shape index (κ1) is 15.6. The monoisotopic (exact) mass is 316 g/mol. The Kier molecular flexibility index (Phi) is 4.44. The molecule has 0 fully saturated rings. The molecule has 24 heavy (non-hydrogen) atoms. The summed E-state index contributed by atoms with van der Waals surface area (Å²) in [4.78, 5) is 4.42. The fraction of sp³-hybridized carbons (Fsp3) is 0.100. The van der Waals surface area contributed by atoms with Gasteiger partial charge in [-0.3, -0.25) is 0 Å². The van der Waals surface area contributed by atoms with E-state index in [0.717, 1.165) is 21.9 Å². The molecule has 0 N–H and O–H groups in total. The average molecular weight is 316 g/mol. The fourth-order valence-electron chi connectivity index (χ4n) is 2.61. The highest BCUT2D eigenvalue weighted by Crippen LogP contribution is 2.37. The Labute approximate surface area is 140 Å². The maximum atomic E-state index is 9.60. The summed E-state index contributed by atoms with van der Waals surface area (Å²) in [6.45, 7) is 3.98. The van der Waals surface area contributed by atoms with Crippen LogP contribution >= 0.6 is 0 Å². The topological polar surface area (TPSA) is 55.1 Å². The van der Waals surface area contributed by atoms with E-state index < -0.39 is 0 Å². The van der Waals surface area contributed by atoms with Gasteiger partial charge in [0, 0.05) is 16.3 Å². The van der Waals surface area contributed by atoms with Gasteiger partial charge in [-0.15, -0.1) is 0 Å². The van der Waals surface area contributed by atoms with E-state index in [1.807, 2.05) is 48.5 Å². The molecule has 0 aliphatic carbocycles. The number of hydrogen-bond donors (Lipinski definition) is 0. The minimum Gasteiger partial charge on any atom is -0.497 e. The molecule has 0 unspecified atom stereocenters. The Bertz CT molecular complexity index is 928. The van der Waals surface area contributed by atoms with Gasteiger partial charge in [0.25, 0.3) is 0 Å². The van der Waals surface area contributed by atoms with E-state index in [4.69, 9.17) is 9.47 Å². The van der Waals surface area contributed by atoms with Gasteiger partial charge in [0.1, 0.15) is 18.4 Å². The second-order valence-corrected chi connectivity index (χ2v) is 5.13. The number of benzene rings is 2. The third kappa shape index (κ3) is 2.80. The van der Waals surface area contributed by atoms with Crippen molar-refractivity contribution in [1.82, 2.24) is 4.98 Å². The highest BCUT2D eigenvalue weighted by atomic mass is 16.5. The van der Waals surface area contributed by atoms with Gasteiger partial charge in [0.15, 0.2) is 5.69 Å². The van der Waals surface area contributed by atoms with E-state index in [1.165, 1.54) is 0 Å². The van der Waals surface area contributed by atoms with Crippen LogP contribution in [-0.4, -0.2) is 18.7 Å². The van der Waals surface area contributed by atoms with Crippen molar-refractivity contribution in [1.29, 1.82) is 5.26 Å². The molecule has 0 radical (unpaired) electrons. The number of ether oxygens (including phenoxy) is 2. The Morgan fingerprint density at radius 2 is 1.96 bits per heavy atom. The van der Waals surface area contributed by atoms with Crippen LogP contribution in [0.5, 0.6) is 11.6 Å². The molecule has 0 amide bonds. The Hall–Kier alpha value is -3.32. The Balaban J connectivity index is 2.36. The lowest BCUT2D eigenvalue weighted by Gasteiger charge is -2.14. The van der Waals surface area contributed by atoms with Crippen molar-refractivity contribution in [2.75, 3.05) is 13.7 Å². The third-order valence-electron chi connectivity index (χ3n) is 3.68. The summed E-state index contributed by atoms with van der Waals surface area (Å²) in [7, 11) is 1.62. The van der Waals surface area contributed by atoms with Crippen molar-refractivity contribution in [3.05, 3.63) is 66.9 Å². The number of aromatic nitrogens is 1. The fourth-order valence-corrected chi connectivity index (χ4v) is 2.61. The molecule has 0 spiro atoms. The number of hydrogen-bond acceptors (Lipinski definition) is 4. The van der Waals surface area contributed by atoms with Crippen molar-refractivity contribution in [3.63, 3.8) is 0 Å². The number of nitriles is 1. The predicted molar refractivity (Wildman–Crippen MR) is 94.1 cm³/mol. The van der Waals surface area contributed by atoms with Crippen molar-refractivity contribution < 1.29 is 9.47 Å². The number of pyridine rings is 1. The highest BCUT2D eigenvalue weighted by Gasteiger charge is 2.17. The molecule has 0 bridgehead atoms.